The predicted molar refractivity (Wildman–Crippen MR) is 87.3 cm³/mol. The van der Waals surface area contributed by atoms with Crippen molar-refractivity contribution in [1.29, 1.82) is 0 Å². The van der Waals surface area contributed by atoms with Crippen molar-refractivity contribution in [3.8, 4) is 0 Å². The zero-order valence-corrected chi connectivity index (χ0v) is 12.4. The molecule has 5 nitrogen and oxygen atoms in total. The molecule has 8 heteroatoms. The highest BCUT2D eigenvalue weighted by molar-refractivity contribution is 7.80. The molecule has 0 saturated carbocycles. The Hall–Kier alpha value is -2.87. The number of halogens is 2. The van der Waals surface area contributed by atoms with Gasteiger partial charge in [0.2, 0.25) is 0 Å². The topological polar surface area (TPSA) is 65.5 Å². The fourth-order valence-electron chi connectivity index (χ4n) is 2.05. The van der Waals surface area contributed by atoms with Gasteiger partial charge in [-0.25, -0.2) is 8.78 Å². The summed E-state index contributed by atoms with van der Waals surface area (Å²) in [4.78, 5) is 11.8. The maximum Gasteiger partial charge on any atom is 0.276 e. The maximum atomic E-state index is 13.6. The van der Waals surface area contributed by atoms with Gasteiger partial charge in [0.05, 0.1) is 5.69 Å². The molecule has 3 rings (SSSR count). The Kier molecular flexibility index (Phi) is 3.98. The number of nitrogens with zero attached hydrogens (tertiary/aromatic N) is 1. The Morgan fingerprint density at radius 2 is 1.87 bits per heavy atom. The molecule has 2 aromatic rings. The number of nitrogens with one attached hydrogen (secondary N) is 3. The first-order chi connectivity index (χ1) is 11.0. The lowest BCUT2D eigenvalue weighted by Gasteiger charge is -2.07. The van der Waals surface area contributed by atoms with E-state index in [4.69, 9.17) is 12.2 Å². The van der Waals surface area contributed by atoms with Crippen molar-refractivity contribution in [3.05, 3.63) is 59.7 Å². The summed E-state index contributed by atoms with van der Waals surface area (Å²) in [5.41, 5.74) is 3.55. The van der Waals surface area contributed by atoms with Crippen LogP contribution < -0.4 is 16.1 Å². The molecule has 116 valence electrons. The van der Waals surface area contributed by atoms with Crippen LogP contribution in [0, 0.1) is 11.6 Å². The van der Waals surface area contributed by atoms with Crippen LogP contribution in [0.2, 0.25) is 0 Å². The Balaban J connectivity index is 1.73. The van der Waals surface area contributed by atoms with E-state index in [9.17, 15) is 13.6 Å². The minimum atomic E-state index is -0.534. The van der Waals surface area contributed by atoms with Crippen molar-refractivity contribution in [2.75, 3.05) is 10.6 Å². The van der Waals surface area contributed by atoms with Crippen molar-refractivity contribution >= 4 is 40.3 Å². The second-order valence-corrected chi connectivity index (χ2v) is 5.06. The van der Waals surface area contributed by atoms with Crippen LogP contribution in [-0.2, 0) is 4.79 Å². The van der Waals surface area contributed by atoms with E-state index in [1.807, 2.05) is 0 Å². The molecule has 3 N–H and O–H groups in total. The van der Waals surface area contributed by atoms with Crippen LogP contribution in [0.1, 0.15) is 5.56 Å². The molecule has 1 amide bonds. The van der Waals surface area contributed by atoms with Gasteiger partial charge in [0.15, 0.2) is 10.8 Å². The number of benzene rings is 2. The fourth-order valence-corrected chi connectivity index (χ4v) is 2.22. The first kappa shape index (κ1) is 15.0. The van der Waals surface area contributed by atoms with Crippen LogP contribution in [0.15, 0.2) is 47.6 Å². The zero-order chi connectivity index (χ0) is 16.4. The molecule has 0 fully saturated rings. The lowest BCUT2D eigenvalue weighted by molar-refractivity contribution is -0.110. The van der Waals surface area contributed by atoms with E-state index in [-0.39, 0.29) is 22.3 Å². The van der Waals surface area contributed by atoms with Gasteiger partial charge < -0.3 is 10.6 Å². The summed E-state index contributed by atoms with van der Waals surface area (Å²) in [5, 5.41) is 9.21. The summed E-state index contributed by atoms with van der Waals surface area (Å²) in [5.74, 6) is -1.42. The summed E-state index contributed by atoms with van der Waals surface area (Å²) in [6, 6.07) is 9.87. The molecule has 1 aliphatic rings. The molecule has 1 aliphatic heterocycles. The normalized spacial score (nSPS) is 14.3. The van der Waals surface area contributed by atoms with Gasteiger partial charge in [-0.3, -0.25) is 10.2 Å². The van der Waals surface area contributed by atoms with Gasteiger partial charge in [-0.1, -0.05) is 12.1 Å². The Bertz CT molecular complexity index is 821. The van der Waals surface area contributed by atoms with Crippen LogP contribution in [0.25, 0.3) is 0 Å². The van der Waals surface area contributed by atoms with Crippen LogP contribution in [0.3, 0.4) is 0 Å². The number of rotatable bonds is 2. The second-order valence-electron chi connectivity index (χ2n) is 4.65. The molecular weight excluding hydrogens is 322 g/mol. The lowest BCUT2D eigenvalue weighted by Crippen LogP contribution is -2.27. The summed E-state index contributed by atoms with van der Waals surface area (Å²) < 4.78 is 26.4. The molecule has 2 aromatic carbocycles. The van der Waals surface area contributed by atoms with Gasteiger partial charge in [-0.2, -0.15) is 5.10 Å². The van der Waals surface area contributed by atoms with E-state index in [1.165, 1.54) is 36.4 Å². The predicted octanol–water partition coefficient (Wildman–Crippen LogP) is 2.61. The molecule has 0 unspecified atom stereocenters. The molecule has 0 spiro atoms. The number of hydrogen-bond donors (Lipinski definition) is 3. The minimum Gasteiger partial charge on any atom is -0.331 e. The van der Waals surface area contributed by atoms with E-state index in [2.05, 4.69) is 21.2 Å². The molecular formula is C15H10F2N4OS. The van der Waals surface area contributed by atoms with Crippen LogP contribution in [0.4, 0.5) is 20.2 Å². The smallest absolute Gasteiger partial charge is 0.276 e. The van der Waals surface area contributed by atoms with E-state index in [1.54, 1.807) is 6.07 Å². The molecule has 0 aromatic heterocycles. The molecule has 23 heavy (non-hydrogen) atoms. The number of hydrogen-bond acceptors (Lipinski definition) is 3. The van der Waals surface area contributed by atoms with E-state index in [0.717, 1.165) is 0 Å². The number of carbonyl (C=O) groups excluding carboxylic acids is 1. The van der Waals surface area contributed by atoms with Gasteiger partial charge >= 0.3 is 0 Å². The first-order valence-corrected chi connectivity index (χ1v) is 6.96. The SMILES string of the molecule is O=C1Nc2c(F)cccc2/C1=N/NC(=S)Nc1ccc(F)cc1. The highest BCUT2D eigenvalue weighted by Crippen LogP contribution is 2.26. The highest BCUT2D eigenvalue weighted by Gasteiger charge is 2.28. The maximum absolute atomic E-state index is 13.6. The third kappa shape index (κ3) is 3.16. The zero-order valence-electron chi connectivity index (χ0n) is 11.6. The van der Waals surface area contributed by atoms with Gasteiger partial charge in [0.1, 0.15) is 11.6 Å². The number of thiocarbonyl (C=S) groups is 1. The number of anilines is 2. The Labute approximate surface area is 135 Å². The molecule has 0 atom stereocenters. The summed E-state index contributed by atoms with van der Waals surface area (Å²) in [6.07, 6.45) is 0. The fraction of sp³-hybridized carbons (Fsp3) is 0. The van der Waals surface area contributed by atoms with Crippen molar-refractivity contribution in [2.24, 2.45) is 5.10 Å². The molecule has 1 heterocycles. The molecule has 0 radical (unpaired) electrons. The Morgan fingerprint density at radius 3 is 2.61 bits per heavy atom. The van der Waals surface area contributed by atoms with E-state index in [0.29, 0.717) is 11.3 Å². The highest BCUT2D eigenvalue weighted by atomic mass is 32.1. The first-order valence-electron chi connectivity index (χ1n) is 6.55. The number of hydrazone groups is 1. The number of fused-ring (bicyclic) bond motifs is 1. The minimum absolute atomic E-state index is 0.0303. The largest absolute Gasteiger partial charge is 0.331 e. The summed E-state index contributed by atoms with van der Waals surface area (Å²) in [7, 11) is 0. The standard InChI is InChI=1S/C15H10F2N4OS/c16-8-4-6-9(7-5-8)18-15(23)21-20-13-10-2-1-3-11(17)12(10)19-14(13)22/h1-7H,(H2,18,21,23)(H,19,20,22). The number of para-hydroxylation sites is 1. The van der Waals surface area contributed by atoms with Crippen LogP contribution in [0.5, 0.6) is 0 Å². The lowest BCUT2D eigenvalue weighted by atomic mass is 10.1. The van der Waals surface area contributed by atoms with E-state index >= 15 is 0 Å². The monoisotopic (exact) mass is 332 g/mol. The third-order valence-electron chi connectivity index (χ3n) is 3.09. The average Bonchev–Trinajstić information content (AvgIpc) is 2.85. The van der Waals surface area contributed by atoms with Gasteiger partial charge in [-0.15, -0.1) is 0 Å². The molecule has 0 bridgehead atoms. The Morgan fingerprint density at radius 1 is 1.13 bits per heavy atom. The van der Waals surface area contributed by atoms with Crippen molar-refractivity contribution in [3.63, 3.8) is 0 Å². The van der Waals surface area contributed by atoms with Crippen molar-refractivity contribution < 1.29 is 13.6 Å². The van der Waals surface area contributed by atoms with Crippen molar-refractivity contribution in [2.45, 2.75) is 0 Å². The number of amides is 1. The van der Waals surface area contributed by atoms with Gasteiger partial charge in [0, 0.05) is 11.3 Å². The second kappa shape index (κ2) is 6.09. The quantitative estimate of drug-likeness (QED) is 0.584. The average molecular weight is 332 g/mol. The van der Waals surface area contributed by atoms with Crippen LogP contribution in [-0.4, -0.2) is 16.7 Å². The van der Waals surface area contributed by atoms with Gasteiger partial charge in [0.25, 0.3) is 5.91 Å². The van der Waals surface area contributed by atoms with Crippen LogP contribution >= 0.6 is 12.2 Å². The van der Waals surface area contributed by atoms with E-state index < -0.39 is 11.7 Å². The molecule has 0 aliphatic carbocycles. The van der Waals surface area contributed by atoms with Crippen molar-refractivity contribution in [1.82, 2.24) is 5.43 Å². The third-order valence-corrected chi connectivity index (χ3v) is 3.29. The number of carbonyl (C=O) groups is 1. The van der Waals surface area contributed by atoms with Gasteiger partial charge in [-0.05, 0) is 42.5 Å². The summed E-state index contributed by atoms with van der Waals surface area (Å²) >= 11 is 5.04. The molecule has 0 saturated heterocycles. The summed E-state index contributed by atoms with van der Waals surface area (Å²) in [6.45, 7) is 0.